The molecule has 13 heteroatoms. The first-order valence-corrected chi connectivity index (χ1v) is 14.3. The maximum absolute atomic E-state index is 12.8. The van der Waals surface area contributed by atoms with Crippen molar-refractivity contribution in [1.82, 2.24) is 25.2 Å². The fraction of sp³-hybridized carbons (Fsp3) is 0.154. The lowest BCUT2D eigenvalue weighted by Crippen LogP contribution is -2.38. The number of hydrogen-bond donors (Lipinski definition) is 4. The predicted molar refractivity (Wildman–Crippen MR) is 151 cm³/mol. The molecule has 2 amide bonds. The molecule has 0 aliphatic heterocycles. The maximum atomic E-state index is 12.8. The Labute approximate surface area is 238 Å². The van der Waals surface area contributed by atoms with Gasteiger partial charge in [-0.1, -0.05) is 47.7 Å². The first kappa shape index (κ1) is 28.4. The Hall–Kier alpha value is -3.66. The summed E-state index contributed by atoms with van der Waals surface area (Å²) in [6.45, 7) is 0.361. The predicted octanol–water partition coefficient (Wildman–Crippen LogP) is 2.71. The summed E-state index contributed by atoms with van der Waals surface area (Å²) in [4.78, 5) is 25.1. The number of hydrogen-bond acceptors (Lipinski definition) is 7. The summed E-state index contributed by atoms with van der Waals surface area (Å²) >= 11 is 2.11. The van der Waals surface area contributed by atoms with Crippen molar-refractivity contribution in [3.63, 3.8) is 0 Å². The highest BCUT2D eigenvalue weighted by molar-refractivity contribution is 14.1. The van der Waals surface area contributed by atoms with Gasteiger partial charge in [0.05, 0.1) is 29.9 Å². The minimum Gasteiger partial charge on any atom is -0.325 e. The Balaban J connectivity index is 1.33. The molecule has 39 heavy (non-hydrogen) atoms. The van der Waals surface area contributed by atoms with Crippen LogP contribution in [0.25, 0.3) is 0 Å². The molecular formula is C26H25IN6O5S. The Morgan fingerprint density at radius 1 is 0.923 bits per heavy atom. The summed E-state index contributed by atoms with van der Waals surface area (Å²) in [5, 5.41) is 19.9. The van der Waals surface area contributed by atoms with Crippen molar-refractivity contribution in [2.75, 3.05) is 5.32 Å². The van der Waals surface area contributed by atoms with E-state index in [0.29, 0.717) is 17.9 Å². The summed E-state index contributed by atoms with van der Waals surface area (Å²) in [5.41, 5.74) is 4.15. The van der Waals surface area contributed by atoms with Crippen molar-refractivity contribution in [3.8, 4) is 0 Å². The fourth-order valence-corrected chi connectivity index (χ4v) is 5.06. The minimum atomic E-state index is -3.67. The first-order valence-electron chi connectivity index (χ1n) is 11.8. The summed E-state index contributed by atoms with van der Waals surface area (Å²) in [6.07, 6.45) is 1.78. The van der Waals surface area contributed by atoms with Gasteiger partial charge in [0.25, 0.3) is 5.91 Å². The van der Waals surface area contributed by atoms with Gasteiger partial charge in [0.2, 0.25) is 15.9 Å². The van der Waals surface area contributed by atoms with Crippen molar-refractivity contribution in [3.05, 3.63) is 105 Å². The number of nitrogens with zero attached hydrogens (tertiary/aromatic N) is 3. The van der Waals surface area contributed by atoms with Gasteiger partial charge in [0, 0.05) is 9.26 Å². The Morgan fingerprint density at radius 3 is 2.28 bits per heavy atom. The molecule has 3 aromatic carbocycles. The van der Waals surface area contributed by atoms with E-state index in [2.05, 4.69) is 42.9 Å². The van der Waals surface area contributed by atoms with Crippen LogP contribution in [0.5, 0.6) is 0 Å². The number of aromatic nitrogens is 3. The highest BCUT2D eigenvalue weighted by Gasteiger charge is 2.27. The third-order valence-electron chi connectivity index (χ3n) is 5.75. The van der Waals surface area contributed by atoms with Crippen molar-refractivity contribution in [2.45, 2.75) is 24.4 Å². The van der Waals surface area contributed by atoms with Crippen LogP contribution in [-0.4, -0.2) is 40.4 Å². The number of amides is 2. The van der Waals surface area contributed by atoms with Crippen LogP contribution >= 0.6 is 22.6 Å². The van der Waals surface area contributed by atoms with Crippen LogP contribution in [0.15, 0.2) is 90.0 Å². The van der Waals surface area contributed by atoms with Gasteiger partial charge in [-0.2, -0.15) is 0 Å². The topological polar surface area (TPSA) is 155 Å². The van der Waals surface area contributed by atoms with Gasteiger partial charge in [-0.15, -0.1) is 5.10 Å². The minimum absolute atomic E-state index is 0.00907. The lowest BCUT2D eigenvalue weighted by atomic mass is 9.97. The lowest BCUT2D eigenvalue weighted by molar-refractivity contribution is -0.138. The molecule has 0 bridgehead atoms. The van der Waals surface area contributed by atoms with Gasteiger partial charge in [-0.3, -0.25) is 14.8 Å². The SMILES string of the molecule is O=C(NO)C(Cc1ccccc1)C(=O)Nc1ccc(Cn2cc(CNS(=O)(=O)c3ccc(I)cc3)nn2)cc1. The third-order valence-corrected chi connectivity index (χ3v) is 7.88. The summed E-state index contributed by atoms with van der Waals surface area (Å²) in [6, 6.07) is 22.5. The Kier molecular flexibility index (Phi) is 9.40. The van der Waals surface area contributed by atoms with Crippen molar-refractivity contribution in [1.29, 1.82) is 0 Å². The molecule has 11 nitrogen and oxygen atoms in total. The molecule has 0 saturated carbocycles. The second-order valence-electron chi connectivity index (χ2n) is 8.59. The van der Waals surface area contributed by atoms with Crippen LogP contribution in [0.2, 0.25) is 0 Å². The van der Waals surface area contributed by atoms with Crippen molar-refractivity contribution < 1.29 is 23.2 Å². The molecule has 0 aliphatic rings. The molecule has 1 aromatic heterocycles. The summed E-state index contributed by atoms with van der Waals surface area (Å²) in [7, 11) is -3.67. The quantitative estimate of drug-likeness (QED) is 0.0835. The first-order chi connectivity index (χ1) is 18.7. The number of sulfonamides is 1. The van der Waals surface area contributed by atoms with Crippen molar-refractivity contribution >= 4 is 50.1 Å². The molecule has 202 valence electrons. The number of anilines is 1. The molecule has 0 fully saturated rings. The van der Waals surface area contributed by atoms with Crippen LogP contribution in [0.3, 0.4) is 0 Å². The number of halogens is 1. The molecule has 4 aromatic rings. The van der Waals surface area contributed by atoms with Crippen LogP contribution in [0, 0.1) is 9.49 Å². The van der Waals surface area contributed by atoms with E-state index in [1.807, 2.05) is 18.2 Å². The van der Waals surface area contributed by atoms with Gasteiger partial charge in [0.15, 0.2) is 0 Å². The number of benzene rings is 3. The zero-order valence-electron chi connectivity index (χ0n) is 20.5. The monoisotopic (exact) mass is 660 g/mol. The zero-order chi connectivity index (χ0) is 27.8. The maximum Gasteiger partial charge on any atom is 0.256 e. The molecule has 0 aliphatic carbocycles. The molecule has 0 spiro atoms. The second kappa shape index (κ2) is 12.9. The van der Waals surface area contributed by atoms with E-state index in [9.17, 15) is 18.0 Å². The van der Waals surface area contributed by atoms with E-state index in [4.69, 9.17) is 5.21 Å². The molecule has 1 unspecified atom stereocenters. The molecule has 4 N–H and O–H groups in total. The van der Waals surface area contributed by atoms with Crippen LogP contribution in [0.1, 0.15) is 16.8 Å². The second-order valence-corrected chi connectivity index (χ2v) is 11.6. The summed E-state index contributed by atoms with van der Waals surface area (Å²) in [5.74, 6) is -2.46. The van der Waals surface area contributed by atoms with Gasteiger partial charge < -0.3 is 5.32 Å². The molecule has 0 saturated heterocycles. The molecule has 1 heterocycles. The average Bonchev–Trinajstić information content (AvgIpc) is 3.39. The number of hydroxylamine groups is 1. The molecule has 0 radical (unpaired) electrons. The molecule has 4 rings (SSSR count). The highest BCUT2D eigenvalue weighted by atomic mass is 127. The van der Waals surface area contributed by atoms with E-state index in [0.717, 1.165) is 14.7 Å². The standard InChI is InChI=1S/C26H25IN6O5S/c27-20-8-12-23(13-9-20)39(37,38)28-15-22-17-33(32-30-22)16-19-6-10-21(11-7-19)29-25(34)24(26(35)31-36)14-18-4-2-1-3-5-18/h1-13,17,24,28,36H,14-16H2,(H,29,34)(H,31,35). The fourth-order valence-electron chi connectivity index (χ4n) is 3.70. The van der Waals surface area contributed by atoms with E-state index in [-0.39, 0.29) is 17.9 Å². The normalized spacial score (nSPS) is 12.1. The largest absolute Gasteiger partial charge is 0.325 e. The highest BCUT2D eigenvalue weighted by Crippen LogP contribution is 2.16. The number of carbonyl (C=O) groups excluding carboxylic acids is 2. The number of nitrogens with one attached hydrogen (secondary N) is 3. The smallest absolute Gasteiger partial charge is 0.256 e. The van der Waals surface area contributed by atoms with Crippen LogP contribution in [0.4, 0.5) is 5.69 Å². The van der Waals surface area contributed by atoms with Gasteiger partial charge in [-0.05, 0) is 76.5 Å². The van der Waals surface area contributed by atoms with E-state index < -0.39 is 27.8 Å². The number of rotatable bonds is 11. The average molecular weight is 660 g/mol. The van der Waals surface area contributed by atoms with Crippen LogP contribution < -0.4 is 15.5 Å². The van der Waals surface area contributed by atoms with E-state index in [1.165, 1.54) is 12.1 Å². The Bertz CT molecular complexity index is 1530. The third kappa shape index (κ3) is 7.92. The molecular weight excluding hydrogens is 635 g/mol. The Morgan fingerprint density at radius 2 is 1.62 bits per heavy atom. The number of carbonyl (C=O) groups is 2. The van der Waals surface area contributed by atoms with Crippen molar-refractivity contribution in [2.24, 2.45) is 5.92 Å². The van der Waals surface area contributed by atoms with Gasteiger partial charge in [0.1, 0.15) is 5.92 Å². The lowest BCUT2D eigenvalue weighted by Gasteiger charge is -2.15. The van der Waals surface area contributed by atoms with E-state index in [1.54, 1.807) is 64.9 Å². The van der Waals surface area contributed by atoms with Gasteiger partial charge in [-0.25, -0.2) is 23.3 Å². The summed E-state index contributed by atoms with van der Waals surface area (Å²) < 4.78 is 30.0. The zero-order valence-corrected chi connectivity index (χ0v) is 23.5. The van der Waals surface area contributed by atoms with E-state index >= 15 is 0 Å². The molecule has 1 atom stereocenters. The van der Waals surface area contributed by atoms with Gasteiger partial charge >= 0.3 is 0 Å². The van der Waals surface area contributed by atoms with Crippen LogP contribution in [-0.2, 0) is 39.1 Å².